The van der Waals surface area contributed by atoms with Crippen molar-refractivity contribution < 1.29 is 24.2 Å². The Labute approximate surface area is 200 Å². The van der Waals surface area contributed by atoms with Gasteiger partial charge in [0.2, 0.25) is 5.91 Å². The molecule has 4 rings (SSSR count). The number of carboxylic acids is 1. The number of carbonyl (C=O) groups is 3. The topological polar surface area (TPSA) is 95.9 Å². The van der Waals surface area contributed by atoms with Crippen LogP contribution in [0.5, 0.6) is 0 Å². The maximum absolute atomic E-state index is 13.3. The summed E-state index contributed by atoms with van der Waals surface area (Å²) in [4.78, 5) is 39.3. The molecule has 2 aromatic rings. The third kappa shape index (κ3) is 4.65. The monoisotopic (exact) mass is 464 g/mol. The molecule has 0 aromatic heterocycles. The second kappa shape index (κ2) is 10.3. The molecule has 7 heteroatoms. The van der Waals surface area contributed by atoms with Crippen molar-refractivity contribution in [1.82, 2.24) is 10.2 Å². The van der Waals surface area contributed by atoms with Crippen LogP contribution in [0, 0.1) is 5.92 Å². The lowest BCUT2D eigenvalue weighted by Gasteiger charge is -2.39. The summed E-state index contributed by atoms with van der Waals surface area (Å²) >= 11 is 0. The molecule has 0 radical (unpaired) electrons. The fraction of sp³-hybridized carbons (Fsp3) is 0.444. The van der Waals surface area contributed by atoms with Crippen molar-refractivity contribution in [2.45, 2.75) is 57.5 Å². The summed E-state index contributed by atoms with van der Waals surface area (Å²) in [5.41, 5.74) is 4.52. The molecule has 0 bridgehead atoms. The van der Waals surface area contributed by atoms with E-state index in [0.717, 1.165) is 35.1 Å². The molecule has 34 heavy (non-hydrogen) atoms. The normalized spacial score (nSPS) is 20.2. The molecule has 2 unspecified atom stereocenters. The molecular formula is C27H32N2O5. The number of aliphatic carboxylic acids is 1. The molecule has 7 nitrogen and oxygen atoms in total. The van der Waals surface area contributed by atoms with Crippen LogP contribution >= 0.6 is 0 Å². The van der Waals surface area contributed by atoms with Gasteiger partial charge in [-0.25, -0.2) is 9.59 Å². The van der Waals surface area contributed by atoms with Crippen LogP contribution in [-0.2, 0) is 14.3 Å². The van der Waals surface area contributed by atoms with E-state index in [-0.39, 0.29) is 24.3 Å². The van der Waals surface area contributed by atoms with Crippen LogP contribution in [0.1, 0.15) is 56.6 Å². The number of alkyl carbamates (subject to hydrolysis) is 1. The average molecular weight is 465 g/mol. The summed E-state index contributed by atoms with van der Waals surface area (Å²) in [5.74, 6) is -1.56. The Kier molecular flexibility index (Phi) is 7.20. The lowest BCUT2D eigenvalue weighted by Crippen LogP contribution is -2.57. The van der Waals surface area contributed by atoms with Crippen molar-refractivity contribution in [2.24, 2.45) is 5.92 Å². The molecule has 2 N–H and O–H groups in total. The maximum atomic E-state index is 13.3. The minimum atomic E-state index is -1.00. The number of piperidine rings is 1. The number of likely N-dealkylation sites (tertiary alicyclic amines) is 1. The number of hydrogen-bond donors (Lipinski definition) is 2. The number of benzene rings is 2. The number of fused-ring (bicyclic) bond motifs is 3. The highest BCUT2D eigenvalue weighted by Gasteiger charge is 2.39. The second-order valence-electron chi connectivity index (χ2n) is 9.25. The van der Waals surface area contributed by atoms with Crippen LogP contribution in [0.15, 0.2) is 48.5 Å². The summed E-state index contributed by atoms with van der Waals surface area (Å²) < 4.78 is 5.61. The Morgan fingerprint density at radius 2 is 1.71 bits per heavy atom. The summed E-state index contributed by atoms with van der Waals surface area (Å²) in [6.45, 7) is 4.32. The van der Waals surface area contributed by atoms with Gasteiger partial charge >= 0.3 is 12.1 Å². The van der Waals surface area contributed by atoms with E-state index in [2.05, 4.69) is 17.4 Å². The molecule has 1 heterocycles. The third-order valence-corrected chi connectivity index (χ3v) is 6.98. The number of nitrogens with zero attached hydrogens (tertiary/aromatic N) is 1. The fourth-order valence-corrected chi connectivity index (χ4v) is 5.34. The van der Waals surface area contributed by atoms with Crippen LogP contribution in [0.4, 0.5) is 4.79 Å². The van der Waals surface area contributed by atoms with Gasteiger partial charge in [-0.05, 0) is 47.4 Å². The molecule has 0 saturated carbocycles. The molecule has 1 aliphatic carbocycles. The molecular weight excluding hydrogens is 432 g/mol. The highest BCUT2D eigenvalue weighted by molar-refractivity contribution is 5.89. The van der Waals surface area contributed by atoms with Crippen LogP contribution in [0.2, 0.25) is 0 Å². The molecule has 2 amide bonds. The van der Waals surface area contributed by atoms with Crippen LogP contribution in [0.25, 0.3) is 11.1 Å². The Bertz CT molecular complexity index is 1020. The molecule has 1 aliphatic heterocycles. The minimum Gasteiger partial charge on any atom is -0.480 e. The molecule has 1 fully saturated rings. The third-order valence-electron chi connectivity index (χ3n) is 6.98. The highest BCUT2D eigenvalue weighted by Crippen LogP contribution is 2.44. The number of hydrogen-bond acceptors (Lipinski definition) is 4. The Morgan fingerprint density at radius 1 is 1.09 bits per heavy atom. The number of rotatable bonds is 7. The van der Waals surface area contributed by atoms with E-state index in [9.17, 15) is 19.5 Å². The van der Waals surface area contributed by atoms with Crippen molar-refractivity contribution in [2.75, 3.05) is 13.2 Å². The van der Waals surface area contributed by atoms with Crippen molar-refractivity contribution in [3.63, 3.8) is 0 Å². The van der Waals surface area contributed by atoms with Gasteiger partial charge in [-0.15, -0.1) is 0 Å². The van der Waals surface area contributed by atoms with E-state index in [1.165, 1.54) is 4.90 Å². The second-order valence-corrected chi connectivity index (χ2v) is 9.25. The van der Waals surface area contributed by atoms with E-state index >= 15 is 0 Å². The number of carbonyl (C=O) groups excluding carboxylic acids is 2. The van der Waals surface area contributed by atoms with Gasteiger partial charge in [0.15, 0.2) is 0 Å². The van der Waals surface area contributed by atoms with Crippen molar-refractivity contribution >= 4 is 18.0 Å². The summed E-state index contributed by atoms with van der Waals surface area (Å²) in [7, 11) is 0. The van der Waals surface area contributed by atoms with Gasteiger partial charge in [-0.3, -0.25) is 4.79 Å². The number of amides is 2. The van der Waals surface area contributed by atoms with Crippen LogP contribution in [0.3, 0.4) is 0 Å². The molecule has 2 aromatic carbocycles. The zero-order chi connectivity index (χ0) is 24.2. The first-order chi connectivity index (χ1) is 16.4. The van der Waals surface area contributed by atoms with Crippen molar-refractivity contribution in [3.8, 4) is 11.1 Å². The quantitative estimate of drug-likeness (QED) is 0.633. The summed E-state index contributed by atoms with van der Waals surface area (Å²) in [6.07, 6.45) is 1.94. The van der Waals surface area contributed by atoms with Gasteiger partial charge in [0.25, 0.3) is 0 Å². The number of ether oxygens (including phenoxy) is 1. The number of nitrogens with one attached hydrogen (secondary N) is 1. The van der Waals surface area contributed by atoms with E-state index in [4.69, 9.17) is 4.74 Å². The van der Waals surface area contributed by atoms with Crippen molar-refractivity contribution in [1.29, 1.82) is 0 Å². The zero-order valence-electron chi connectivity index (χ0n) is 19.7. The Hall–Kier alpha value is -3.35. The smallest absolute Gasteiger partial charge is 0.407 e. The van der Waals surface area contributed by atoms with Crippen molar-refractivity contribution in [3.05, 3.63) is 59.7 Å². The molecule has 2 aliphatic rings. The molecule has 1 saturated heterocycles. The SMILES string of the molecule is CCC[C@@H](NC(=O)OCC1c2ccccc2-c2ccccc21)C(=O)N1CCCC(C)C1C(=O)O. The van der Waals surface area contributed by atoms with Crippen LogP contribution in [-0.4, -0.2) is 53.2 Å². The first-order valence-electron chi connectivity index (χ1n) is 12.1. The van der Waals surface area contributed by atoms with E-state index < -0.39 is 24.1 Å². The first kappa shape index (κ1) is 23.8. The van der Waals surface area contributed by atoms with Crippen LogP contribution < -0.4 is 5.32 Å². The van der Waals surface area contributed by atoms with Gasteiger partial charge in [0.05, 0.1) is 0 Å². The number of carboxylic acid groups (broad SMARTS) is 1. The lowest BCUT2D eigenvalue weighted by atomic mass is 9.90. The average Bonchev–Trinajstić information content (AvgIpc) is 3.15. The lowest BCUT2D eigenvalue weighted by molar-refractivity contribution is -0.155. The van der Waals surface area contributed by atoms with Gasteiger partial charge < -0.3 is 20.1 Å². The Balaban J connectivity index is 1.44. The van der Waals surface area contributed by atoms with E-state index in [1.807, 2.05) is 50.2 Å². The fourth-order valence-electron chi connectivity index (χ4n) is 5.34. The zero-order valence-corrected chi connectivity index (χ0v) is 19.7. The van der Waals surface area contributed by atoms with Gasteiger partial charge in [0, 0.05) is 12.5 Å². The van der Waals surface area contributed by atoms with E-state index in [1.54, 1.807) is 0 Å². The largest absolute Gasteiger partial charge is 0.480 e. The van der Waals surface area contributed by atoms with Gasteiger partial charge in [-0.1, -0.05) is 68.8 Å². The first-order valence-corrected chi connectivity index (χ1v) is 12.1. The molecule has 180 valence electrons. The molecule has 3 atom stereocenters. The molecule has 0 spiro atoms. The Morgan fingerprint density at radius 3 is 2.29 bits per heavy atom. The van der Waals surface area contributed by atoms with E-state index in [0.29, 0.717) is 19.4 Å². The highest BCUT2D eigenvalue weighted by atomic mass is 16.5. The standard InChI is InChI=1S/C27H32N2O5/c1-3-9-23(25(30)29-15-8-10-17(2)24(29)26(31)32)28-27(33)34-16-22-20-13-6-4-11-18(20)19-12-5-7-14-21(19)22/h4-7,11-14,17,22-24H,3,8-10,15-16H2,1-2H3,(H,28,33)(H,31,32)/t17?,23-,24?/m1/s1. The summed E-state index contributed by atoms with van der Waals surface area (Å²) in [6, 6.07) is 14.5. The van der Waals surface area contributed by atoms with Gasteiger partial charge in [-0.2, -0.15) is 0 Å². The maximum Gasteiger partial charge on any atom is 0.407 e. The predicted octanol–water partition coefficient (Wildman–Crippen LogP) is 4.41. The van der Waals surface area contributed by atoms with Gasteiger partial charge in [0.1, 0.15) is 18.7 Å². The predicted molar refractivity (Wildman–Crippen MR) is 128 cm³/mol. The summed E-state index contributed by atoms with van der Waals surface area (Å²) in [5, 5.41) is 12.4. The minimum absolute atomic E-state index is 0.0715.